The first-order valence-electron chi connectivity index (χ1n) is 6.34. The van der Waals surface area contributed by atoms with E-state index in [1.165, 1.54) is 0 Å². The molecule has 1 rings (SSSR count). The first-order valence-corrected chi connectivity index (χ1v) is 6.34. The summed E-state index contributed by atoms with van der Waals surface area (Å²) >= 11 is 0. The monoisotopic (exact) mass is 267 g/mol. The quantitative estimate of drug-likeness (QED) is 0.697. The highest BCUT2D eigenvalue weighted by atomic mass is 16.5. The highest BCUT2D eigenvalue weighted by Crippen LogP contribution is 2.08. The second kappa shape index (κ2) is 9.16. The van der Waals surface area contributed by atoms with Gasteiger partial charge in [0.25, 0.3) is 0 Å². The van der Waals surface area contributed by atoms with Crippen LogP contribution in [0.15, 0.2) is 18.3 Å². The number of pyridine rings is 1. The molecule has 0 aliphatic heterocycles. The van der Waals surface area contributed by atoms with Gasteiger partial charge in [-0.15, -0.1) is 0 Å². The van der Waals surface area contributed by atoms with Crippen molar-refractivity contribution in [1.29, 1.82) is 0 Å². The Balaban J connectivity index is 2.27. The lowest BCUT2D eigenvalue weighted by Crippen LogP contribution is -2.35. The largest absolute Gasteiger partial charge is 0.478 e. The highest BCUT2D eigenvalue weighted by molar-refractivity contribution is 5.73. The van der Waals surface area contributed by atoms with Crippen LogP contribution < -0.4 is 15.4 Å². The zero-order valence-electron chi connectivity index (χ0n) is 11.4. The molecule has 0 aromatic carbocycles. The van der Waals surface area contributed by atoms with E-state index >= 15 is 0 Å². The zero-order valence-corrected chi connectivity index (χ0v) is 11.4. The lowest BCUT2D eigenvalue weighted by Gasteiger charge is -2.08. The number of urea groups is 1. The molecule has 0 spiro atoms. The van der Waals surface area contributed by atoms with E-state index in [9.17, 15) is 4.79 Å². The molecule has 0 aliphatic carbocycles. The van der Waals surface area contributed by atoms with Gasteiger partial charge in [0, 0.05) is 39.1 Å². The number of carbonyl (C=O) groups excluding carboxylic acids is 1. The summed E-state index contributed by atoms with van der Waals surface area (Å²) in [7, 11) is 1.64. The van der Waals surface area contributed by atoms with Crippen LogP contribution in [0, 0.1) is 0 Å². The third-order valence-corrected chi connectivity index (χ3v) is 2.36. The molecule has 0 saturated carbocycles. The van der Waals surface area contributed by atoms with Gasteiger partial charge in [-0.05, 0) is 25.0 Å². The van der Waals surface area contributed by atoms with Crippen LogP contribution in [0.2, 0.25) is 0 Å². The lowest BCUT2D eigenvalue weighted by atomic mass is 10.2. The summed E-state index contributed by atoms with van der Waals surface area (Å²) in [5.74, 6) is 0.572. The first kappa shape index (κ1) is 15.2. The van der Waals surface area contributed by atoms with Crippen molar-refractivity contribution in [2.75, 3.05) is 26.9 Å². The number of aromatic nitrogens is 1. The van der Waals surface area contributed by atoms with Crippen molar-refractivity contribution >= 4 is 6.03 Å². The summed E-state index contributed by atoms with van der Waals surface area (Å²) in [6.45, 7) is 4.16. The van der Waals surface area contributed by atoms with Gasteiger partial charge < -0.3 is 20.1 Å². The van der Waals surface area contributed by atoms with Crippen molar-refractivity contribution in [2.45, 2.75) is 19.9 Å². The van der Waals surface area contributed by atoms with E-state index in [0.29, 0.717) is 32.2 Å². The van der Waals surface area contributed by atoms with E-state index in [0.717, 1.165) is 12.0 Å². The predicted molar refractivity (Wildman–Crippen MR) is 72.1 cm³/mol. The summed E-state index contributed by atoms with van der Waals surface area (Å²) in [5.41, 5.74) is 0.950. The Labute approximate surface area is 113 Å². The predicted octanol–water partition coefficient (Wildman–Crippen LogP) is 1.32. The Morgan fingerprint density at radius 1 is 1.42 bits per heavy atom. The number of ether oxygens (including phenoxy) is 2. The highest BCUT2D eigenvalue weighted by Gasteiger charge is 2.01. The van der Waals surface area contributed by atoms with E-state index in [4.69, 9.17) is 9.47 Å². The number of hydrogen-bond acceptors (Lipinski definition) is 4. The van der Waals surface area contributed by atoms with Crippen molar-refractivity contribution < 1.29 is 14.3 Å². The van der Waals surface area contributed by atoms with Crippen molar-refractivity contribution in [3.63, 3.8) is 0 Å². The van der Waals surface area contributed by atoms with Gasteiger partial charge in [-0.2, -0.15) is 0 Å². The lowest BCUT2D eigenvalue weighted by molar-refractivity contribution is 0.193. The van der Waals surface area contributed by atoms with Crippen LogP contribution in [0.3, 0.4) is 0 Å². The maximum absolute atomic E-state index is 11.5. The minimum atomic E-state index is -0.189. The standard InChI is InChI=1S/C13H21N3O3/c1-3-19-12-9-11(5-7-14-12)10-16-13(17)15-6-4-8-18-2/h5,7,9H,3-4,6,8,10H2,1-2H3,(H2,15,16,17). The number of amides is 2. The van der Waals surface area contributed by atoms with Gasteiger partial charge in [0.2, 0.25) is 5.88 Å². The number of hydrogen-bond donors (Lipinski definition) is 2. The number of rotatable bonds is 8. The molecule has 0 saturated heterocycles. The summed E-state index contributed by atoms with van der Waals surface area (Å²) in [5, 5.41) is 5.52. The second-order valence-corrected chi connectivity index (χ2v) is 3.89. The molecule has 2 N–H and O–H groups in total. The molecule has 2 amide bonds. The van der Waals surface area contributed by atoms with E-state index in [2.05, 4.69) is 15.6 Å². The van der Waals surface area contributed by atoms with Gasteiger partial charge >= 0.3 is 6.03 Å². The van der Waals surface area contributed by atoms with Gasteiger partial charge in [0.1, 0.15) is 0 Å². The third-order valence-electron chi connectivity index (χ3n) is 2.36. The Morgan fingerprint density at radius 3 is 3.00 bits per heavy atom. The molecule has 0 radical (unpaired) electrons. The minimum absolute atomic E-state index is 0.189. The van der Waals surface area contributed by atoms with Gasteiger partial charge in [-0.1, -0.05) is 0 Å². The first-order chi connectivity index (χ1) is 9.26. The number of nitrogens with zero attached hydrogens (tertiary/aromatic N) is 1. The maximum atomic E-state index is 11.5. The van der Waals surface area contributed by atoms with Gasteiger partial charge in [-0.3, -0.25) is 0 Å². The van der Waals surface area contributed by atoms with Crippen LogP contribution >= 0.6 is 0 Å². The van der Waals surface area contributed by atoms with Crippen molar-refractivity contribution in [1.82, 2.24) is 15.6 Å². The van der Waals surface area contributed by atoms with Gasteiger partial charge in [0.05, 0.1) is 6.61 Å². The Kier molecular flexibility index (Phi) is 7.34. The minimum Gasteiger partial charge on any atom is -0.478 e. The average molecular weight is 267 g/mol. The molecule has 1 aromatic heterocycles. The molecule has 1 aromatic rings. The van der Waals surface area contributed by atoms with E-state index < -0.39 is 0 Å². The molecule has 6 nitrogen and oxygen atoms in total. The SMILES string of the molecule is CCOc1cc(CNC(=O)NCCCOC)ccn1. The molecular formula is C13H21N3O3. The normalized spacial score (nSPS) is 10.0. The average Bonchev–Trinajstić information content (AvgIpc) is 2.42. The molecular weight excluding hydrogens is 246 g/mol. The second-order valence-electron chi connectivity index (χ2n) is 3.89. The van der Waals surface area contributed by atoms with Crippen molar-refractivity contribution in [3.05, 3.63) is 23.9 Å². The molecule has 0 unspecified atom stereocenters. The summed E-state index contributed by atoms with van der Waals surface area (Å²) in [6.07, 6.45) is 2.46. The molecule has 0 fully saturated rings. The number of carbonyl (C=O) groups is 1. The zero-order chi connectivity index (χ0) is 13.9. The van der Waals surface area contributed by atoms with Crippen LogP contribution in [0.25, 0.3) is 0 Å². The summed E-state index contributed by atoms with van der Waals surface area (Å²) in [6, 6.07) is 3.47. The summed E-state index contributed by atoms with van der Waals surface area (Å²) in [4.78, 5) is 15.5. The molecule has 0 atom stereocenters. The van der Waals surface area contributed by atoms with Gasteiger partial charge in [-0.25, -0.2) is 9.78 Å². The van der Waals surface area contributed by atoms with E-state index in [1.54, 1.807) is 13.3 Å². The van der Waals surface area contributed by atoms with Crippen molar-refractivity contribution in [2.24, 2.45) is 0 Å². The smallest absolute Gasteiger partial charge is 0.315 e. The van der Waals surface area contributed by atoms with E-state index in [-0.39, 0.29) is 6.03 Å². The molecule has 0 aliphatic rings. The molecule has 1 heterocycles. The van der Waals surface area contributed by atoms with Crippen LogP contribution in [-0.2, 0) is 11.3 Å². The Bertz CT molecular complexity index is 385. The van der Waals surface area contributed by atoms with Crippen LogP contribution in [0.5, 0.6) is 5.88 Å². The van der Waals surface area contributed by atoms with E-state index in [1.807, 2.05) is 19.1 Å². The van der Waals surface area contributed by atoms with Crippen LogP contribution in [0.1, 0.15) is 18.9 Å². The fraction of sp³-hybridized carbons (Fsp3) is 0.538. The fourth-order valence-electron chi connectivity index (χ4n) is 1.45. The number of methoxy groups -OCH3 is 1. The van der Waals surface area contributed by atoms with Gasteiger partial charge in [0.15, 0.2) is 0 Å². The molecule has 0 bridgehead atoms. The topological polar surface area (TPSA) is 72.5 Å². The van der Waals surface area contributed by atoms with Crippen LogP contribution in [-0.4, -0.2) is 37.9 Å². The fourth-order valence-corrected chi connectivity index (χ4v) is 1.45. The molecule has 19 heavy (non-hydrogen) atoms. The Hall–Kier alpha value is -1.82. The Morgan fingerprint density at radius 2 is 2.26 bits per heavy atom. The summed E-state index contributed by atoms with van der Waals surface area (Å²) < 4.78 is 10.2. The number of nitrogens with one attached hydrogen (secondary N) is 2. The van der Waals surface area contributed by atoms with Crippen molar-refractivity contribution in [3.8, 4) is 5.88 Å². The maximum Gasteiger partial charge on any atom is 0.315 e. The molecule has 106 valence electrons. The molecule has 6 heteroatoms. The third kappa shape index (κ3) is 6.61. The van der Waals surface area contributed by atoms with Crippen LogP contribution in [0.4, 0.5) is 4.79 Å².